The topological polar surface area (TPSA) is 73.1 Å². The molecule has 4 rings (SSSR count). The van der Waals surface area contributed by atoms with Crippen LogP contribution in [-0.4, -0.2) is 55.7 Å². The lowest BCUT2D eigenvalue weighted by atomic mass is 9.78. The number of amides is 1. The number of rotatable bonds is 5. The number of hydrogen-bond donors (Lipinski definition) is 0. The van der Waals surface area contributed by atoms with Crippen molar-refractivity contribution < 1.29 is 22.7 Å². The molecule has 1 amide bonds. The van der Waals surface area contributed by atoms with Gasteiger partial charge < -0.3 is 9.64 Å². The average molecular weight is 441 g/mol. The summed E-state index contributed by atoms with van der Waals surface area (Å²) in [6.07, 6.45) is 2.20. The molecule has 1 aromatic heterocycles. The number of nitrogens with zero attached hydrogens (tertiary/aromatic N) is 5. The lowest BCUT2D eigenvalue weighted by molar-refractivity contribution is -0.274. The van der Waals surface area contributed by atoms with Gasteiger partial charge in [0.05, 0.1) is 11.4 Å². The van der Waals surface area contributed by atoms with Crippen LogP contribution in [0.25, 0.3) is 5.69 Å². The molecule has 1 saturated carbocycles. The summed E-state index contributed by atoms with van der Waals surface area (Å²) in [6.45, 7) is 0.798. The second-order valence-corrected chi connectivity index (χ2v) is 8.49. The lowest BCUT2D eigenvalue weighted by Crippen LogP contribution is -2.50. The van der Waals surface area contributed by atoms with Gasteiger partial charge in [0.1, 0.15) is 5.75 Å². The van der Waals surface area contributed by atoms with Crippen molar-refractivity contribution in [2.75, 3.05) is 12.3 Å². The van der Waals surface area contributed by atoms with Gasteiger partial charge in [-0.3, -0.25) is 4.79 Å². The van der Waals surface area contributed by atoms with Crippen molar-refractivity contribution in [1.29, 1.82) is 0 Å². The van der Waals surface area contributed by atoms with E-state index in [0.717, 1.165) is 19.4 Å². The van der Waals surface area contributed by atoms with E-state index >= 15 is 0 Å². The minimum atomic E-state index is -4.75. The SMILES string of the molecule is O=C(CSc1nnnn1-c1ccc(OC(F)(F)F)cc1)N1CCCC2CCCCC21. The van der Waals surface area contributed by atoms with Crippen molar-refractivity contribution in [3.63, 3.8) is 0 Å². The maximum atomic E-state index is 12.9. The zero-order chi connectivity index (χ0) is 21.1. The van der Waals surface area contributed by atoms with Gasteiger partial charge in [-0.15, -0.1) is 18.3 Å². The number of piperidine rings is 1. The molecule has 30 heavy (non-hydrogen) atoms. The van der Waals surface area contributed by atoms with Crippen LogP contribution in [0.3, 0.4) is 0 Å². The molecule has 1 saturated heterocycles. The molecule has 162 valence electrons. The first-order chi connectivity index (χ1) is 14.4. The summed E-state index contributed by atoms with van der Waals surface area (Å²) in [6, 6.07) is 5.60. The Morgan fingerprint density at radius 3 is 2.63 bits per heavy atom. The summed E-state index contributed by atoms with van der Waals surface area (Å²) >= 11 is 1.23. The van der Waals surface area contributed by atoms with Crippen molar-refractivity contribution in [2.45, 2.75) is 56.1 Å². The van der Waals surface area contributed by atoms with Crippen molar-refractivity contribution in [2.24, 2.45) is 5.92 Å². The molecule has 0 spiro atoms. The molecule has 2 heterocycles. The first-order valence-electron chi connectivity index (χ1n) is 9.97. The van der Waals surface area contributed by atoms with Crippen molar-refractivity contribution in [3.05, 3.63) is 24.3 Å². The van der Waals surface area contributed by atoms with E-state index in [4.69, 9.17) is 0 Å². The second kappa shape index (κ2) is 8.83. The molecule has 2 fully saturated rings. The van der Waals surface area contributed by atoms with E-state index in [1.165, 1.54) is 66.4 Å². The van der Waals surface area contributed by atoms with Crippen LogP contribution in [0.2, 0.25) is 0 Å². The van der Waals surface area contributed by atoms with Gasteiger partial charge in [0, 0.05) is 12.6 Å². The summed E-state index contributed by atoms with van der Waals surface area (Å²) in [4.78, 5) is 14.9. The van der Waals surface area contributed by atoms with Crippen LogP contribution in [0, 0.1) is 5.92 Å². The third-order valence-corrected chi connectivity index (χ3v) is 6.55. The Morgan fingerprint density at radius 2 is 1.87 bits per heavy atom. The van der Waals surface area contributed by atoms with Gasteiger partial charge >= 0.3 is 6.36 Å². The summed E-state index contributed by atoms with van der Waals surface area (Å²) < 4.78 is 42.2. The van der Waals surface area contributed by atoms with E-state index in [1.807, 2.05) is 4.90 Å². The predicted octanol–water partition coefficient (Wildman–Crippen LogP) is 3.83. The molecule has 2 aliphatic rings. The molecule has 2 unspecified atom stereocenters. The molecule has 1 aromatic carbocycles. The minimum absolute atomic E-state index is 0.0834. The van der Waals surface area contributed by atoms with Gasteiger partial charge in [0.15, 0.2) is 0 Å². The summed E-state index contributed by atoms with van der Waals surface area (Å²) in [5.41, 5.74) is 0.481. The van der Waals surface area contributed by atoms with Crippen LogP contribution in [-0.2, 0) is 4.79 Å². The number of alkyl halides is 3. The molecule has 0 N–H and O–H groups in total. The largest absolute Gasteiger partial charge is 0.573 e. The first-order valence-corrected chi connectivity index (χ1v) is 11.0. The first kappa shape index (κ1) is 21.0. The number of fused-ring (bicyclic) bond motifs is 1. The van der Waals surface area contributed by atoms with Crippen LogP contribution in [0.4, 0.5) is 13.2 Å². The zero-order valence-corrected chi connectivity index (χ0v) is 17.0. The number of carbonyl (C=O) groups excluding carboxylic acids is 1. The highest BCUT2D eigenvalue weighted by Gasteiger charge is 2.35. The smallest absolute Gasteiger partial charge is 0.406 e. The van der Waals surface area contributed by atoms with Crippen LogP contribution >= 0.6 is 11.8 Å². The fourth-order valence-electron chi connectivity index (χ4n) is 4.36. The maximum absolute atomic E-state index is 12.9. The second-order valence-electron chi connectivity index (χ2n) is 7.54. The Balaban J connectivity index is 1.39. The molecule has 2 aromatic rings. The fourth-order valence-corrected chi connectivity index (χ4v) is 5.14. The lowest BCUT2D eigenvalue weighted by Gasteiger charge is -2.44. The number of halogens is 3. The molecule has 2 atom stereocenters. The molecule has 7 nitrogen and oxygen atoms in total. The van der Waals surface area contributed by atoms with E-state index in [9.17, 15) is 18.0 Å². The zero-order valence-electron chi connectivity index (χ0n) is 16.2. The highest BCUT2D eigenvalue weighted by molar-refractivity contribution is 7.99. The summed E-state index contributed by atoms with van der Waals surface area (Å²) in [5.74, 6) is 0.596. The normalized spacial score (nSPS) is 21.9. The number of tetrazole rings is 1. The Bertz CT molecular complexity index is 872. The van der Waals surface area contributed by atoms with Gasteiger partial charge in [-0.1, -0.05) is 24.6 Å². The molecular weight excluding hydrogens is 419 g/mol. The van der Waals surface area contributed by atoms with Crippen LogP contribution in [0.5, 0.6) is 5.75 Å². The van der Waals surface area contributed by atoms with Crippen molar-refractivity contribution in [3.8, 4) is 11.4 Å². The van der Waals surface area contributed by atoms with Gasteiger partial charge in [-0.05, 0) is 66.3 Å². The van der Waals surface area contributed by atoms with E-state index in [-0.39, 0.29) is 17.4 Å². The summed E-state index contributed by atoms with van der Waals surface area (Å²) in [7, 11) is 0. The highest BCUT2D eigenvalue weighted by Crippen LogP contribution is 2.35. The van der Waals surface area contributed by atoms with Gasteiger partial charge in [-0.2, -0.15) is 4.68 Å². The predicted molar refractivity (Wildman–Crippen MR) is 103 cm³/mol. The third-order valence-electron chi connectivity index (χ3n) is 5.64. The number of aromatic nitrogens is 4. The fraction of sp³-hybridized carbons (Fsp3) is 0.579. The number of benzene rings is 1. The van der Waals surface area contributed by atoms with Crippen LogP contribution < -0.4 is 4.74 Å². The van der Waals surface area contributed by atoms with E-state index < -0.39 is 6.36 Å². The van der Waals surface area contributed by atoms with Gasteiger partial charge in [-0.25, -0.2) is 0 Å². The van der Waals surface area contributed by atoms with E-state index in [0.29, 0.717) is 22.8 Å². The molecule has 1 aliphatic carbocycles. The van der Waals surface area contributed by atoms with Crippen LogP contribution in [0.1, 0.15) is 38.5 Å². The van der Waals surface area contributed by atoms with Crippen molar-refractivity contribution >= 4 is 17.7 Å². The Hall–Kier alpha value is -2.30. The van der Waals surface area contributed by atoms with Crippen molar-refractivity contribution in [1.82, 2.24) is 25.1 Å². The maximum Gasteiger partial charge on any atom is 0.573 e. The van der Waals surface area contributed by atoms with Crippen LogP contribution in [0.15, 0.2) is 29.4 Å². The molecule has 0 radical (unpaired) electrons. The van der Waals surface area contributed by atoms with Gasteiger partial charge in [0.25, 0.3) is 0 Å². The standard InChI is InChI=1S/C19H22F3N5O2S/c20-19(21,22)29-15-9-7-14(8-10-15)27-18(23-24-25-27)30-12-17(28)26-11-3-5-13-4-1-2-6-16(13)26/h7-10,13,16H,1-6,11-12H2. The highest BCUT2D eigenvalue weighted by atomic mass is 32.2. The number of thioether (sulfide) groups is 1. The monoisotopic (exact) mass is 441 g/mol. The van der Waals surface area contributed by atoms with E-state index in [2.05, 4.69) is 20.3 Å². The average Bonchev–Trinajstić information content (AvgIpc) is 3.19. The van der Waals surface area contributed by atoms with E-state index in [1.54, 1.807) is 0 Å². The number of likely N-dealkylation sites (tertiary alicyclic amines) is 1. The minimum Gasteiger partial charge on any atom is -0.406 e. The Morgan fingerprint density at radius 1 is 1.13 bits per heavy atom. The number of ether oxygens (including phenoxy) is 1. The molecule has 11 heteroatoms. The third kappa shape index (κ3) is 4.88. The summed E-state index contributed by atoms with van der Waals surface area (Å²) in [5, 5.41) is 11.9. The quantitative estimate of drug-likeness (QED) is 0.657. The van der Waals surface area contributed by atoms with Gasteiger partial charge in [0.2, 0.25) is 11.1 Å². The molecule has 0 bridgehead atoms. The Labute approximate surface area is 175 Å². The number of carbonyl (C=O) groups is 1. The molecule has 1 aliphatic heterocycles. The number of hydrogen-bond acceptors (Lipinski definition) is 6. The Kier molecular flexibility index (Phi) is 6.16. The molecular formula is C19H22F3N5O2S.